The number of nitrogens with two attached hydrogens (primary N) is 1. The minimum Gasteiger partial charge on any atom is -0.497 e. The van der Waals surface area contributed by atoms with Crippen LogP contribution in [0.5, 0.6) is 5.75 Å². The predicted octanol–water partition coefficient (Wildman–Crippen LogP) is 6.73. The maximum absolute atomic E-state index is 12.1. The van der Waals surface area contributed by atoms with Crippen molar-refractivity contribution < 1.29 is 23.7 Å². The quantitative estimate of drug-likeness (QED) is 0.0934. The molecule has 4 atom stereocenters. The highest BCUT2D eigenvalue weighted by atomic mass is 35.5. The predicted molar refractivity (Wildman–Crippen MR) is 188 cm³/mol. The molecule has 3 aromatic carbocycles. The third-order valence-electron chi connectivity index (χ3n) is 9.57. The van der Waals surface area contributed by atoms with Gasteiger partial charge in [0.05, 0.1) is 20.0 Å². The van der Waals surface area contributed by atoms with Crippen LogP contribution in [0.1, 0.15) is 43.7 Å². The molecule has 3 N–H and O–H groups in total. The summed E-state index contributed by atoms with van der Waals surface area (Å²) < 4.78 is 27.9. The van der Waals surface area contributed by atoms with Gasteiger partial charge in [0.2, 0.25) is 5.28 Å². The van der Waals surface area contributed by atoms with E-state index in [4.69, 9.17) is 36.0 Å². The van der Waals surface area contributed by atoms with Gasteiger partial charge in [0.15, 0.2) is 26.0 Å². The highest BCUT2D eigenvalue weighted by Crippen LogP contribution is 2.45. The van der Waals surface area contributed by atoms with E-state index in [0.29, 0.717) is 11.2 Å². The van der Waals surface area contributed by atoms with Gasteiger partial charge in [-0.25, -0.2) is 4.98 Å². The average molecular weight is 688 g/mol. The van der Waals surface area contributed by atoms with Crippen LogP contribution in [0.2, 0.25) is 23.4 Å². The number of imidazole rings is 1. The largest absolute Gasteiger partial charge is 0.497 e. The Hall–Kier alpha value is -3.84. The number of fused-ring (bicyclic) bond motifs is 1. The van der Waals surface area contributed by atoms with Crippen LogP contribution in [-0.4, -0.2) is 65.0 Å². The van der Waals surface area contributed by atoms with Crippen LogP contribution in [0.3, 0.4) is 0 Å². The Bertz CT molecular complexity index is 1810. The van der Waals surface area contributed by atoms with Gasteiger partial charge in [0.1, 0.15) is 35.2 Å². The third kappa shape index (κ3) is 6.22. The van der Waals surface area contributed by atoms with Gasteiger partial charge in [-0.15, -0.1) is 0 Å². The second-order valence-electron chi connectivity index (χ2n) is 13.6. The molecule has 0 bridgehead atoms. The summed E-state index contributed by atoms with van der Waals surface area (Å²) >= 11 is 6.23. The molecule has 0 amide bonds. The Morgan fingerprint density at radius 3 is 2.06 bits per heavy atom. The van der Waals surface area contributed by atoms with E-state index in [-0.39, 0.29) is 22.7 Å². The molecule has 0 saturated carbocycles. The molecule has 0 unspecified atom stereocenters. The summed E-state index contributed by atoms with van der Waals surface area (Å²) in [5, 5.41) is 11.9. The van der Waals surface area contributed by atoms with Crippen LogP contribution in [0, 0.1) is 0 Å². The number of aliphatic hydroxyl groups excluding tert-OH is 1. The van der Waals surface area contributed by atoms with Crippen molar-refractivity contribution in [3.63, 3.8) is 0 Å². The fraction of sp³-hybridized carbons (Fsp3) is 0.361. The lowest BCUT2D eigenvalue weighted by atomic mass is 9.80. The molecule has 10 nitrogen and oxygen atoms in total. The van der Waals surface area contributed by atoms with Crippen molar-refractivity contribution in [2.24, 2.45) is 0 Å². The van der Waals surface area contributed by atoms with Gasteiger partial charge in [-0.3, -0.25) is 4.57 Å². The van der Waals surface area contributed by atoms with Crippen molar-refractivity contribution in [1.29, 1.82) is 0 Å². The Kier molecular flexibility index (Phi) is 9.38. The number of halogens is 1. The number of anilines is 1. The Morgan fingerprint density at radius 1 is 0.917 bits per heavy atom. The van der Waals surface area contributed by atoms with Crippen molar-refractivity contribution in [3.8, 4) is 5.75 Å². The number of ether oxygens (including phenoxy) is 3. The van der Waals surface area contributed by atoms with Crippen LogP contribution in [-0.2, 0) is 19.5 Å². The maximum Gasteiger partial charge on any atom is 0.226 e. The molecule has 0 aliphatic carbocycles. The highest BCUT2D eigenvalue weighted by molar-refractivity contribution is 6.74. The third-order valence-corrected chi connectivity index (χ3v) is 14.2. The minimum atomic E-state index is -2.42. The molecule has 6 rings (SSSR count). The normalized spacial score (nSPS) is 20.3. The second-order valence-corrected chi connectivity index (χ2v) is 18.6. The van der Waals surface area contributed by atoms with Gasteiger partial charge in [0, 0.05) is 0 Å². The lowest BCUT2D eigenvalue weighted by molar-refractivity contribution is -0.0940. The van der Waals surface area contributed by atoms with Crippen LogP contribution in [0.15, 0.2) is 91.3 Å². The molecule has 3 heterocycles. The maximum atomic E-state index is 12.1. The number of hydrogen-bond donors (Lipinski definition) is 2. The van der Waals surface area contributed by atoms with Crippen LogP contribution in [0.25, 0.3) is 11.2 Å². The first-order valence-electron chi connectivity index (χ1n) is 15.9. The molecule has 1 aliphatic rings. The van der Waals surface area contributed by atoms with Crippen molar-refractivity contribution >= 4 is 36.9 Å². The molecule has 1 aliphatic heterocycles. The van der Waals surface area contributed by atoms with E-state index in [1.54, 1.807) is 18.0 Å². The van der Waals surface area contributed by atoms with E-state index in [0.717, 1.165) is 22.4 Å². The Labute approximate surface area is 286 Å². The van der Waals surface area contributed by atoms with Crippen molar-refractivity contribution in [1.82, 2.24) is 19.5 Å². The van der Waals surface area contributed by atoms with Crippen molar-refractivity contribution in [2.45, 2.75) is 69.0 Å². The summed E-state index contributed by atoms with van der Waals surface area (Å²) in [4.78, 5) is 12.9. The number of nitrogens with zero attached hydrogens (tertiary/aromatic N) is 4. The number of methoxy groups -OCH3 is 1. The zero-order chi connectivity index (χ0) is 34.3. The summed E-state index contributed by atoms with van der Waals surface area (Å²) in [6.45, 7) is 10.8. The van der Waals surface area contributed by atoms with Crippen LogP contribution in [0.4, 0.5) is 5.82 Å². The summed E-state index contributed by atoms with van der Waals surface area (Å²) in [5.74, 6) is 0.882. The number of aliphatic hydroxyl groups is 1. The monoisotopic (exact) mass is 687 g/mol. The van der Waals surface area contributed by atoms with Gasteiger partial charge >= 0.3 is 0 Å². The van der Waals surface area contributed by atoms with Gasteiger partial charge in [-0.2, -0.15) is 9.97 Å². The Morgan fingerprint density at radius 2 is 1.50 bits per heavy atom. The molecule has 252 valence electrons. The van der Waals surface area contributed by atoms with E-state index < -0.39 is 38.5 Å². The molecule has 0 radical (unpaired) electrons. The van der Waals surface area contributed by atoms with E-state index in [1.807, 2.05) is 84.9 Å². The molecule has 2 aromatic heterocycles. The SMILES string of the molecule is COc1ccc(C(OC[C@H]2O[C@@H](n3cnc4c(N)nc(Cl)nc43)[C@H](O[Si](C)(C)C(C)(C)C)[C@@H]2O)(c2ccccc2)c2ccccc2)cc1. The highest BCUT2D eigenvalue weighted by Gasteiger charge is 2.52. The number of nitrogen functional groups attached to an aromatic ring is 1. The molecule has 1 fully saturated rings. The number of aromatic nitrogens is 4. The number of hydrogen-bond acceptors (Lipinski definition) is 9. The molecular formula is C36H42ClN5O5Si. The van der Waals surface area contributed by atoms with Crippen molar-refractivity contribution in [2.75, 3.05) is 19.5 Å². The summed E-state index contributed by atoms with van der Waals surface area (Å²) in [5.41, 5.74) is 8.59. The number of benzene rings is 3. The molecule has 5 aromatic rings. The summed E-state index contributed by atoms with van der Waals surface area (Å²) in [6, 6.07) is 27.9. The van der Waals surface area contributed by atoms with E-state index in [9.17, 15) is 5.11 Å². The van der Waals surface area contributed by atoms with E-state index in [2.05, 4.69) is 48.8 Å². The minimum absolute atomic E-state index is 0.0166. The fourth-order valence-electron chi connectivity index (χ4n) is 5.95. The lowest BCUT2D eigenvalue weighted by Crippen LogP contribution is -2.49. The first kappa shape index (κ1) is 34.0. The van der Waals surface area contributed by atoms with Crippen LogP contribution < -0.4 is 10.5 Å². The molecule has 0 spiro atoms. The first-order chi connectivity index (χ1) is 22.9. The zero-order valence-electron chi connectivity index (χ0n) is 28.0. The topological polar surface area (TPSA) is 127 Å². The van der Waals surface area contributed by atoms with Crippen LogP contribution >= 0.6 is 11.6 Å². The standard InChI is InChI=1S/C36H42ClN5O5Si/c1-35(2,3)48(5,6)47-30-29(43)27(46-33(30)42-22-39-28-31(38)40-34(37)41-32(28)42)21-45-36(23-13-9-7-10-14-23,24-15-11-8-12-16-24)25-17-19-26(44-4)20-18-25/h7-20,22,27,29-30,33,43H,21H2,1-6H3,(H2,38,40,41)/t27-,29-,30-,33-/m1/s1. The van der Waals surface area contributed by atoms with Gasteiger partial charge < -0.3 is 29.5 Å². The molecular weight excluding hydrogens is 646 g/mol. The molecule has 12 heteroatoms. The first-order valence-corrected chi connectivity index (χ1v) is 19.2. The zero-order valence-corrected chi connectivity index (χ0v) is 29.8. The fourth-order valence-corrected chi connectivity index (χ4v) is 7.41. The Balaban J connectivity index is 1.43. The molecule has 48 heavy (non-hydrogen) atoms. The van der Waals surface area contributed by atoms with Gasteiger partial charge in [0.25, 0.3) is 0 Å². The molecule has 1 saturated heterocycles. The summed E-state index contributed by atoms with van der Waals surface area (Å²) in [6.07, 6.45) is -1.85. The van der Waals surface area contributed by atoms with Gasteiger partial charge in [-0.1, -0.05) is 93.6 Å². The summed E-state index contributed by atoms with van der Waals surface area (Å²) in [7, 11) is -0.780. The number of rotatable bonds is 10. The van der Waals surface area contributed by atoms with E-state index in [1.165, 1.54) is 0 Å². The van der Waals surface area contributed by atoms with Gasteiger partial charge in [-0.05, 0) is 58.6 Å². The average Bonchev–Trinajstić information content (AvgIpc) is 3.62. The smallest absolute Gasteiger partial charge is 0.226 e. The van der Waals surface area contributed by atoms with Crippen molar-refractivity contribution in [3.05, 3.63) is 113 Å². The lowest BCUT2D eigenvalue weighted by Gasteiger charge is -2.40. The van der Waals surface area contributed by atoms with E-state index >= 15 is 0 Å². The second kappa shape index (κ2) is 13.2.